The molecule has 158 valence electrons. The zero-order chi connectivity index (χ0) is 21.5. The Morgan fingerprint density at radius 3 is 2.37 bits per heavy atom. The minimum Gasteiger partial charge on any atom is -0.486 e. The van der Waals surface area contributed by atoms with Crippen LogP contribution >= 0.6 is 0 Å². The predicted octanol–water partition coefficient (Wildman–Crippen LogP) is 3.73. The number of esters is 1. The maximum atomic E-state index is 12.3. The van der Waals surface area contributed by atoms with E-state index in [1.807, 2.05) is 12.1 Å². The van der Waals surface area contributed by atoms with Crippen LogP contribution in [0.2, 0.25) is 0 Å². The van der Waals surface area contributed by atoms with Gasteiger partial charge in [0.15, 0.2) is 23.9 Å². The van der Waals surface area contributed by atoms with Crippen molar-refractivity contribution in [1.29, 1.82) is 0 Å². The molecule has 1 aliphatic heterocycles. The fourth-order valence-electron chi connectivity index (χ4n) is 2.94. The predicted molar refractivity (Wildman–Crippen MR) is 111 cm³/mol. The highest BCUT2D eigenvalue weighted by atomic mass is 16.6. The molecule has 30 heavy (non-hydrogen) atoms. The summed E-state index contributed by atoms with van der Waals surface area (Å²) in [5.41, 5.74) is 2.24. The van der Waals surface area contributed by atoms with Crippen molar-refractivity contribution in [2.75, 3.05) is 25.1 Å². The second kappa shape index (κ2) is 9.91. The van der Waals surface area contributed by atoms with Gasteiger partial charge in [-0.05, 0) is 41.8 Å². The number of anilines is 1. The van der Waals surface area contributed by atoms with Crippen molar-refractivity contribution in [3.63, 3.8) is 0 Å². The number of carbonyl (C=O) groups excluding carboxylic acids is 3. The Kier molecular flexibility index (Phi) is 7.06. The molecule has 1 N–H and O–H groups in total. The number of nitrogens with one attached hydrogen (secondary N) is 1. The van der Waals surface area contributed by atoms with Gasteiger partial charge in [0.2, 0.25) is 0 Å². The van der Waals surface area contributed by atoms with Gasteiger partial charge in [-0.2, -0.15) is 0 Å². The van der Waals surface area contributed by atoms with Crippen molar-refractivity contribution < 1.29 is 28.6 Å². The van der Waals surface area contributed by atoms with Crippen LogP contribution in [-0.4, -0.2) is 37.5 Å². The number of hydrogen-bond donors (Lipinski definition) is 1. The molecule has 0 aliphatic carbocycles. The lowest BCUT2D eigenvalue weighted by Gasteiger charge is -2.18. The first-order chi connectivity index (χ1) is 14.4. The average molecular weight is 411 g/mol. The van der Waals surface area contributed by atoms with Crippen molar-refractivity contribution in [3.05, 3.63) is 53.6 Å². The average Bonchev–Trinajstić information content (AvgIpc) is 2.76. The maximum Gasteiger partial charge on any atom is 0.306 e. The first kappa shape index (κ1) is 21.4. The first-order valence-electron chi connectivity index (χ1n) is 9.90. The highest BCUT2D eigenvalue weighted by molar-refractivity contribution is 5.98. The van der Waals surface area contributed by atoms with Crippen LogP contribution in [-0.2, 0) is 14.3 Å². The molecule has 1 heterocycles. The van der Waals surface area contributed by atoms with Gasteiger partial charge in [0.1, 0.15) is 13.2 Å². The fourth-order valence-corrected chi connectivity index (χ4v) is 2.94. The summed E-state index contributed by atoms with van der Waals surface area (Å²) in [6.45, 7) is 4.68. The zero-order valence-electron chi connectivity index (χ0n) is 17.1. The molecule has 7 nitrogen and oxygen atoms in total. The number of amides is 1. The van der Waals surface area contributed by atoms with Crippen LogP contribution in [0.3, 0.4) is 0 Å². The van der Waals surface area contributed by atoms with E-state index in [1.54, 1.807) is 30.3 Å². The molecule has 2 aromatic carbocycles. The standard InChI is InChI=1S/C23H25NO6/c1-15(2)16-3-6-18(7-4-16)24-22(26)14-30-23(27)10-8-19(25)17-5-9-20-21(13-17)29-12-11-28-20/h3-7,9,13,15H,8,10-12,14H2,1-2H3,(H,24,26). The van der Waals surface area contributed by atoms with E-state index in [1.165, 1.54) is 5.56 Å². The minimum absolute atomic E-state index is 0.0171. The van der Waals surface area contributed by atoms with E-state index in [0.29, 0.717) is 41.9 Å². The highest BCUT2D eigenvalue weighted by Crippen LogP contribution is 2.31. The van der Waals surface area contributed by atoms with Crippen LogP contribution in [0.1, 0.15) is 48.5 Å². The van der Waals surface area contributed by atoms with E-state index in [9.17, 15) is 14.4 Å². The molecular weight excluding hydrogens is 386 g/mol. The molecule has 0 spiro atoms. The van der Waals surface area contributed by atoms with Crippen LogP contribution in [0.15, 0.2) is 42.5 Å². The molecular formula is C23H25NO6. The summed E-state index contributed by atoms with van der Waals surface area (Å²) < 4.78 is 15.8. The van der Waals surface area contributed by atoms with E-state index in [2.05, 4.69) is 19.2 Å². The van der Waals surface area contributed by atoms with E-state index in [4.69, 9.17) is 14.2 Å². The quantitative estimate of drug-likeness (QED) is 0.526. The monoisotopic (exact) mass is 411 g/mol. The molecule has 0 fully saturated rings. The van der Waals surface area contributed by atoms with Crippen LogP contribution in [0.5, 0.6) is 11.5 Å². The van der Waals surface area contributed by atoms with Crippen LogP contribution in [0.4, 0.5) is 5.69 Å². The molecule has 0 atom stereocenters. The normalized spacial score (nSPS) is 12.4. The second-order valence-corrected chi connectivity index (χ2v) is 7.27. The third-order valence-electron chi connectivity index (χ3n) is 4.65. The molecule has 0 radical (unpaired) electrons. The van der Waals surface area contributed by atoms with Gasteiger partial charge in [-0.3, -0.25) is 14.4 Å². The van der Waals surface area contributed by atoms with E-state index >= 15 is 0 Å². The van der Waals surface area contributed by atoms with Gasteiger partial charge in [0.05, 0.1) is 6.42 Å². The molecule has 3 rings (SSSR count). The van der Waals surface area contributed by atoms with Gasteiger partial charge in [0.25, 0.3) is 5.91 Å². The van der Waals surface area contributed by atoms with E-state index in [-0.39, 0.29) is 18.6 Å². The van der Waals surface area contributed by atoms with Crippen LogP contribution < -0.4 is 14.8 Å². The number of hydrogen-bond acceptors (Lipinski definition) is 6. The highest BCUT2D eigenvalue weighted by Gasteiger charge is 2.16. The number of rotatable bonds is 8. The molecule has 1 amide bonds. The Morgan fingerprint density at radius 1 is 0.967 bits per heavy atom. The van der Waals surface area contributed by atoms with Crippen LogP contribution in [0, 0.1) is 0 Å². The van der Waals surface area contributed by atoms with Gasteiger partial charge in [0, 0.05) is 17.7 Å². The van der Waals surface area contributed by atoms with Gasteiger partial charge >= 0.3 is 5.97 Å². The summed E-state index contributed by atoms with van der Waals surface area (Å²) in [5, 5.41) is 2.67. The Morgan fingerprint density at radius 2 is 1.67 bits per heavy atom. The minimum atomic E-state index is -0.605. The molecule has 0 unspecified atom stereocenters. The zero-order valence-corrected chi connectivity index (χ0v) is 17.1. The topological polar surface area (TPSA) is 90.9 Å². The molecule has 0 aromatic heterocycles. The number of ether oxygens (including phenoxy) is 3. The second-order valence-electron chi connectivity index (χ2n) is 7.27. The molecule has 0 bridgehead atoms. The summed E-state index contributed by atoms with van der Waals surface area (Å²) >= 11 is 0. The van der Waals surface area contributed by atoms with Gasteiger partial charge in [-0.15, -0.1) is 0 Å². The van der Waals surface area contributed by atoms with Gasteiger partial charge in [-0.25, -0.2) is 0 Å². The summed E-state index contributed by atoms with van der Waals surface area (Å²) in [6.07, 6.45) is -0.125. The van der Waals surface area contributed by atoms with Crippen molar-refractivity contribution >= 4 is 23.3 Å². The summed E-state index contributed by atoms with van der Waals surface area (Å²) in [6, 6.07) is 12.4. The Labute approximate surface area is 175 Å². The largest absolute Gasteiger partial charge is 0.486 e. The molecule has 0 saturated carbocycles. The summed E-state index contributed by atoms with van der Waals surface area (Å²) in [7, 11) is 0. The smallest absolute Gasteiger partial charge is 0.306 e. The van der Waals surface area contributed by atoms with Crippen molar-refractivity contribution in [2.24, 2.45) is 0 Å². The van der Waals surface area contributed by atoms with E-state index < -0.39 is 18.5 Å². The lowest BCUT2D eigenvalue weighted by Crippen LogP contribution is -2.21. The van der Waals surface area contributed by atoms with E-state index in [0.717, 1.165) is 0 Å². The number of benzene rings is 2. The molecule has 7 heteroatoms. The molecule has 0 saturated heterocycles. The lowest BCUT2D eigenvalue weighted by atomic mass is 10.0. The number of carbonyl (C=O) groups is 3. The number of ketones is 1. The molecule has 1 aliphatic rings. The Bertz CT molecular complexity index is 920. The van der Waals surface area contributed by atoms with Crippen molar-refractivity contribution in [2.45, 2.75) is 32.6 Å². The maximum absolute atomic E-state index is 12.3. The number of fused-ring (bicyclic) bond motifs is 1. The fraction of sp³-hybridized carbons (Fsp3) is 0.348. The SMILES string of the molecule is CC(C)c1ccc(NC(=O)COC(=O)CCC(=O)c2ccc3c(c2)OCCO3)cc1. The number of Topliss-reactive ketones (excluding diaryl/α,β-unsaturated/α-hetero) is 1. The molecule has 2 aromatic rings. The Hall–Kier alpha value is -3.35. The van der Waals surface area contributed by atoms with Crippen LogP contribution in [0.25, 0.3) is 0 Å². The lowest BCUT2D eigenvalue weighted by molar-refractivity contribution is -0.147. The van der Waals surface area contributed by atoms with Crippen molar-refractivity contribution in [3.8, 4) is 11.5 Å². The Balaban J connectivity index is 1.41. The third-order valence-corrected chi connectivity index (χ3v) is 4.65. The first-order valence-corrected chi connectivity index (χ1v) is 9.90. The summed E-state index contributed by atoms with van der Waals surface area (Å²) in [4.78, 5) is 36.1. The third kappa shape index (κ3) is 5.83. The summed E-state index contributed by atoms with van der Waals surface area (Å²) in [5.74, 6) is 0.277. The van der Waals surface area contributed by atoms with Gasteiger partial charge < -0.3 is 19.5 Å². The van der Waals surface area contributed by atoms with Gasteiger partial charge in [-0.1, -0.05) is 26.0 Å². The van der Waals surface area contributed by atoms with Crippen molar-refractivity contribution in [1.82, 2.24) is 0 Å².